The average molecular weight is 309 g/mol. The number of benzene rings is 2. The van der Waals surface area contributed by atoms with Gasteiger partial charge in [-0.2, -0.15) is 0 Å². The fourth-order valence-electron chi connectivity index (χ4n) is 2.08. The largest absolute Gasteiger partial charge is 0.399 e. The molecule has 0 aliphatic carbocycles. The summed E-state index contributed by atoms with van der Waals surface area (Å²) in [6.45, 7) is 0.651. The van der Waals surface area contributed by atoms with Crippen molar-refractivity contribution < 1.29 is 5.11 Å². The van der Waals surface area contributed by atoms with E-state index in [1.165, 1.54) is 0 Å². The highest BCUT2D eigenvalue weighted by molar-refractivity contribution is 5.85. The Bertz CT molecular complexity index is 604. The number of aliphatic hydroxyl groups is 1. The van der Waals surface area contributed by atoms with Gasteiger partial charge in [0.2, 0.25) is 0 Å². The molecule has 0 heterocycles. The first-order valence-corrected chi connectivity index (χ1v) is 6.47. The van der Waals surface area contributed by atoms with Gasteiger partial charge in [-0.25, -0.2) is 0 Å². The molecule has 0 aliphatic heterocycles. The van der Waals surface area contributed by atoms with Gasteiger partial charge in [-0.15, -0.1) is 12.4 Å². The summed E-state index contributed by atoms with van der Waals surface area (Å²) >= 11 is 0. The Kier molecular flexibility index (Phi) is 6.14. The van der Waals surface area contributed by atoms with E-state index in [0.29, 0.717) is 30.0 Å². The second-order valence-electron chi connectivity index (χ2n) is 4.70. The van der Waals surface area contributed by atoms with E-state index in [4.69, 9.17) is 22.3 Å². The molecule has 5 nitrogen and oxygen atoms in total. The lowest BCUT2D eigenvalue weighted by Crippen LogP contribution is -2.07. The van der Waals surface area contributed by atoms with Gasteiger partial charge in [0.05, 0.1) is 0 Å². The van der Waals surface area contributed by atoms with Crippen LogP contribution in [0.4, 0.5) is 22.7 Å². The van der Waals surface area contributed by atoms with Crippen LogP contribution in [-0.2, 0) is 13.0 Å². The normalized spacial score (nSPS) is 9.95. The van der Waals surface area contributed by atoms with E-state index in [9.17, 15) is 0 Å². The number of halogens is 1. The molecule has 0 fully saturated rings. The topological polar surface area (TPSA) is 110 Å². The van der Waals surface area contributed by atoms with Gasteiger partial charge in [-0.1, -0.05) is 0 Å². The monoisotopic (exact) mass is 308 g/mol. The van der Waals surface area contributed by atoms with Crippen LogP contribution in [0.1, 0.15) is 11.1 Å². The zero-order chi connectivity index (χ0) is 14.5. The lowest BCUT2D eigenvalue weighted by Gasteiger charge is -2.14. The quantitative estimate of drug-likeness (QED) is 0.543. The Morgan fingerprint density at radius 2 is 1.52 bits per heavy atom. The number of nitrogen functional groups attached to an aromatic ring is 3. The predicted octanol–water partition coefficient (Wildman–Crippen LogP) is 2.00. The number of aliphatic hydroxyl groups excluding tert-OH is 1. The third-order valence-electron chi connectivity index (χ3n) is 3.15. The maximum atomic E-state index is 9.10. The number of rotatable bonds is 5. The molecule has 0 atom stereocenters. The first kappa shape index (κ1) is 16.9. The predicted molar refractivity (Wildman–Crippen MR) is 91.5 cm³/mol. The standard InChI is InChI=1S/C15H20N4O.ClH/c16-12-1-3-14(18)11(8-12)9-19-15-4-2-13(17)7-10(15)5-6-20;/h1-4,7-8,19-20H,5-6,9,16-18H2;1H. The summed E-state index contributed by atoms with van der Waals surface area (Å²) in [4.78, 5) is 0. The summed E-state index contributed by atoms with van der Waals surface area (Å²) in [6, 6.07) is 11.0. The molecule has 2 aromatic rings. The first-order chi connectivity index (χ1) is 9.60. The highest BCUT2D eigenvalue weighted by Gasteiger charge is 2.05. The highest BCUT2D eigenvalue weighted by Crippen LogP contribution is 2.22. The van der Waals surface area contributed by atoms with Gasteiger partial charge in [0.1, 0.15) is 0 Å². The Morgan fingerprint density at radius 3 is 2.19 bits per heavy atom. The molecule has 6 heteroatoms. The summed E-state index contributed by atoms with van der Waals surface area (Å²) in [6.07, 6.45) is 0.555. The van der Waals surface area contributed by atoms with E-state index in [1.54, 1.807) is 12.1 Å². The number of hydrogen-bond donors (Lipinski definition) is 5. The van der Waals surface area contributed by atoms with Crippen LogP contribution in [0.3, 0.4) is 0 Å². The minimum Gasteiger partial charge on any atom is -0.399 e. The molecule has 0 saturated heterocycles. The van der Waals surface area contributed by atoms with Crippen molar-refractivity contribution in [1.29, 1.82) is 0 Å². The summed E-state index contributed by atoms with van der Waals surface area (Å²) in [5.41, 5.74) is 22.4. The Morgan fingerprint density at radius 1 is 0.905 bits per heavy atom. The minimum atomic E-state index is 0. The van der Waals surface area contributed by atoms with Crippen molar-refractivity contribution in [2.24, 2.45) is 0 Å². The zero-order valence-corrected chi connectivity index (χ0v) is 12.5. The van der Waals surface area contributed by atoms with Crippen molar-refractivity contribution in [3.8, 4) is 0 Å². The molecule has 2 rings (SSSR count). The van der Waals surface area contributed by atoms with Crippen LogP contribution in [0, 0.1) is 0 Å². The van der Waals surface area contributed by atoms with E-state index in [2.05, 4.69) is 5.32 Å². The van der Waals surface area contributed by atoms with Gasteiger partial charge in [0, 0.05) is 35.9 Å². The highest BCUT2D eigenvalue weighted by atomic mass is 35.5. The molecular weight excluding hydrogens is 288 g/mol. The molecule has 0 bridgehead atoms. The van der Waals surface area contributed by atoms with Gasteiger partial charge in [0.25, 0.3) is 0 Å². The second-order valence-corrected chi connectivity index (χ2v) is 4.70. The molecular formula is C15H21ClN4O. The summed E-state index contributed by atoms with van der Waals surface area (Å²) in [7, 11) is 0. The third kappa shape index (κ3) is 4.44. The molecule has 21 heavy (non-hydrogen) atoms. The molecule has 0 aromatic heterocycles. The number of anilines is 4. The zero-order valence-electron chi connectivity index (χ0n) is 11.7. The van der Waals surface area contributed by atoms with Gasteiger partial charge in [0.15, 0.2) is 0 Å². The summed E-state index contributed by atoms with van der Waals surface area (Å²) < 4.78 is 0. The molecule has 0 amide bonds. The Hall–Kier alpha value is -2.11. The molecule has 114 valence electrons. The van der Waals surface area contributed by atoms with Crippen molar-refractivity contribution in [3.63, 3.8) is 0 Å². The van der Waals surface area contributed by atoms with Crippen molar-refractivity contribution in [2.45, 2.75) is 13.0 Å². The Labute approximate surface area is 130 Å². The van der Waals surface area contributed by atoms with Gasteiger partial charge in [-0.05, 0) is 53.9 Å². The van der Waals surface area contributed by atoms with Crippen molar-refractivity contribution in [2.75, 3.05) is 29.1 Å². The van der Waals surface area contributed by atoms with Crippen molar-refractivity contribution in [3.05, 3.63) is 47.5 Å². The van der Waals surface area contributed by atoms with Crippen LogP contribution >= 0.6 is 12.4 Å². The number of hydrogen-bond acceptors (Lipinski definition) is 5. The smallest absolute Gasteiger partial charge is 0.0472 e. The molecule has 0 unspecified atom stereocenters. The minimum absolute atomic E-state index is 0. The van der Waals surface area contributed by atoms with Crippen LogP contribution in [0.5, 0.6) is 0 Å². The van der Waals surface area contributed by atoms with E-state index in [-0.39, 0.29) is 19.0 Å². The van der Waals surface area contributed by atoms with E-state index >= 15 is 0 Å². The molecule has 0 aliphatic rings. The van der Waals surface area contributed by atoms with E-state index < -0.39 is 0 Å². The lowest BCUT2D eigenvalue weighted by molar-refractivity contribution is 0.300. The number of nitrogens with two attached hydrogens (primary N) is 3. The first-order valence-electron chi connectivity index (χ1n) is 6.47. The lowest BCUT2D eigenvalue weighted by atomic mass is 10.1. The molecule has 0 radical (unpaired) electrons. The molecule has 8 N–H and O–H groups in total. The van der Waals surface area contributed by atoms with Gasteiger partial charge in [-0.3, -0.25) is 0 Å². The molecule has 0 spiro atoms. The second kappa shape index (κ2) is 7.61. The molecule has 2 aromatic carbocycles. The van der Waals surface area contributed by atoms with E-state index in [1.807, 2.05) is 24.3 Å². The Balaban J connectivity index is 0.00000220. The van der Waals surface area contributed by atoms with Crippen molar-refractivity contribution >= 4 is 35.2 Å². The number of nitrogens with one attached hydrogen (secondary N) is 1. The summed E-state index contributed by atoms with van der Waals surface area (Å²) in [5, 5.41) is 12.4. The fraction of sp³-hybridized carbons (Fsp3) is 0.200. The van der Waals surface area contributed by atoms with Gasteiger partial charge < -0.3 is 27.6 Å². The third-order valence-corrected chi connectivity index (χ3v) is 3.15. The SMILES string of the molecule is Cl.Nc1ccc(N)c(CNc2ccc(N)cc2CCO)c1. The van der Waals surface area contributed by atoms with Gasteiger partial charge >= 0.3 is 0 Å². The van der Waals surface area contributed by atoms with Crippen LogP contribution in [0.2, 0.25) is 0 Å². The van der Waals surface area contributed by atoms with Crippen LogP contribution in [0.15, 0.2) is 36.4 Å². The maximum Gasteiger partial charge on any atom is 0.0472 e. The van der Waals surface area contributed by atoms with Crippen LogP contribution < -0.4 is 22.5 Å². The molecule has 0 saturated carbocycles. The maximum absolute atomic E-state index is 9.10. The van der Waals surface area contributed by atoms with Crippen molar-refractivity contribution in [1.82, 2.24) is 0 Å². The average Bonchev–Trinajstić information content (AvgIpc) is 2.42. The van der Waals surface area contributed by atoms with E-state index in [0.717, 1.165) is 16.8 Å². The fourth-order valence-corrected chi connectivity index (χ4v) is 2.08. The van der Waals surface area contributed by atoms with Crippen LogP contribution in [0.25, 0.3) is 0 Å². The van der Waals surface area contributed by atoms with Crippen LogP contribution in [-0.4, -0.2) is 11.7 Å². The summed E-state index contributed by atoms with van der Waals surface area (Å²) in [5.74, 6) is 0.